The largest absolute Gasteiger partial charge is 0.444 e. The summed E-state index contributed by atoms with van der Waals surface area (Å²) in [6.45, 7) is 3.63. The molecule has 0 unspecified atom stereocenters. The second-order valence-electron chi connectivity index (χ2n) is 3.50. The summed E-state index contributed by atoms with van der Waals surface area (Å²) in [5, 5.41) is 1.72. The van der Waals surface area contributed by atoms with Gasteiger partial charge >= 0.3 is 0 Å². The maximum absolute atomic E-state index is 11.8. The van der Waals surface area contributed by atoms with Crippen LogP contribution in [0.25, 0.3) is 0 Å². The predicted octanol–water partition coefficient (Wildman–Crippen LogP) is 1.83. The number of rotatable bonds is 4. The predicted molar refractivity (Wildman–Crippen MR) is 64.3 cm³/mol. The minimum Gasteiger partial charge on any atom is -0.444 e. The van der Waals surface area contributed by atoms with Gasteiger partial charge in [0.25, 0.3) is 0 Å². The van der Waals surface area contributed by atoms with Gasteiger partial charge < -0.3 is 4.42 Å². The lowest BCUT2D eigenvalue weighted by Gasteiger charge is -2.02. The molecule has 0 bridgehead atoms. The van der Waals surface area contributed by atoms with E-state index < -0.39 is 10.0 Å². The van der Waals surface area contributed by atoms with Crippen LogP contribution in [0.1, 0.15) is 17.3 Å². The molecule has 0 spiro atoms. The summed E-state index contributed by atoms with van der Waals surface area (Å²) in [5.74, 6) is 1.08. The van der Waals surface area contributed by atoms with E-state index in [0.29, 0.717) is 21.6 Å². The average Bonchev–Trinajstić information content (AvgIpc) is 2.85. The SMILES string of the molecule is Cc1nc(C)c(CNS(=O)(=O)c2cccs2)o1. The smallest absolute Gasteiger partial charge is 0.250 e. The molecule has 5 nitrogen and oxygen atoms in total. The zero-order valence-corrected chi connectivity index (χ0v) is 11.1. The number of hydrogen-bond acceptors (Lipinski definition) is 5. The van der Waals surface area contributed by atoms with E-state index >= 15 is 0 Å². The number of nitrogens with one attached hydrogen (secondary N) is 1. The van der Waals surface area contributed by atoms with Crippen molar-refractivity contribution in [2.24, 2.45) is 0 Å². The van der Waals surface area contributed by atoms with Crippen molar-refractivity contribution >= 4 is 21.4 Å². The van der Waals surface area contributed by atoms with Crippen LogP contribution in [0.15, 0.2) is 26.1 Å². The zero-order valence-electron chi connectivity index (χ0n) is 9.43. The van der Waals surface area contributed by atoms with Gasteiger partial charge in [0.2, 0.25) is 10.0 Å². The normalized spacial score (nSPS) is 11.9. The topological polar surface area (TPSA) is 72.2 Å². The third-order valence-electron chi connectivity index (χ3n) is 2.18. The number of aryl methyl sites for hydroxylation is 2. The third kappa shape index (κ3) is 2.74. The molecule has 2 heterocycles. The van der Waals surface area contributed by atoms with Crippen molar-refractivity contribution in [3.63, 3.8) is 0 Å². The fourth-order valence-electron chi connectivity index (χ4n) is 1.39. The first kappa shape index (κ1) is 12.3. The van der Waals surface area contributed by atoms with Crippen molar-refractivity contribution in [1.29, 1.82) is 0 Å². The Bertz CT molecular complexity index is 600. The first-order valence-electron chi connectivity index (χ1n) is 4.95. The molecule has 0 fully saturated rings. The fourth-order valence-corrected chi connectivity index (χ4v) is 3.41. The molecular weight excluding hydrogens is 260 g/mol. The lowest BCUT2D eigenvalue weighted by atomic mass is 10.4. The number of thiophene rings is 1. The number of aromatic nitrogens is 1. The van der Waals surface area contributed by atoms with Crippen LogP contribution in [0, 0.1) is 13.8 Å². The first-order chi connectivity index (χ1) is 7.99. The maximum atomic E-state index is 11.8. The lowest BCUT2D eigenvalue weighted by Crippen LogP contribution is -2.22. The number of hydrogen-bond donors (Lipinski definition) is 1. The van der Waals surface area contributed by atoms with Crippen molar-refractivity contribution in [3.8, 4) is 0 Å². The van der Waals surface area contributed by atoms with Crippen LogP contribution in [0.2, 0.25) is 0 Å². The van der Waals surface area contributed by atoms with Crippen molar-refractivity contribution in [1.82, 2.24) is 9.71 Å². The Balaban J connectivity index is 2.11. The van der Waals surface area contributed by atoms with Gasteiger partial charge in [0, 0.05) is 6.92 Å². The van der Waals surface area contributed by atoms with Crippen LogP contribution >= 0.6 is 11.3 Å². The summed E-state index contributed by atoms with van der Waals surface area (Å²) in [7, 11) is -3.44. The highest BCUT2D eigenvalue weighted by Crippen LogP contribution is 2.16. The molecule has 0 aliphatic carbocycles. The van der Waals surface area contributed by atoms with Crippen molar-refractivity contribution < 1.29 is 12.8 Å². The molecule has 1 N–H and O–H groups in total. The van der Waals surface area contributed by atoms with Gasteiger partial charge in [-0.05, 0) is 18.4 Å². The van der Waals surface area contributed by atoms with Gasteiger partial charge in [-0.15, -0.1) is 11.3 Å². The molecule has 0 saturated carbocycles. The Hall–Kier alpha value is -1.18. The van der Waals surface area contributed by atoms with E-state index in [1.54, 1.807) is 31.4 Å². The van der Waals surface area contributed by atoms with E-state index in [-0.39, 0.29) is 6.54 Å². The summed E-state index contributed by atoms with van der Waals surface area (Å²) < 4.78 is 31.7. The Morgan fingerprint density at radius 1 is 1.47 bits per heavy atom. The molecule has 92 valence electrons. The zero-order chi connectivity index (χ0) is 12.5. The summed E-state index contributed by atoms with van der Waals surface area (Å²) in [4.78, 5) is 4.08. The van der Waals surface area contributed by atoms with Crippen molar-refractivity contribution in [3.05, 3.63) is 34.9 Å². The monoisotopic (exact) mass is 272 g/mol. The quantitative estimate of drug-likeness (QED) is 0.921. The maximum Gasteiger partial charge on any atom is 0.250 e. The molecule has 0 radical (unpaired) electrons. The summed E-state index contributed by atoms with van der Waals surface area (Å²) in [6, 6.07) is 3.26. The molecule has 2 aromatic rings. The summed E-state index contributed by atoms with van der Waals surface area (Å²) in [6.07, 6.45) is 0. The van der Waals surface area contributed by atoms with Crippen molar-refractivity contribution in [2.45, 2.75) is 24.6 Å². The highest BCUT2D eigenvalue weighted by molar-refractivity contribution is 7.91. The number of sulfonamides is 1. The molecule has 0 aromatic carbocycles. The molecule has 0 saturated heterocycles. The highest BCUT2D eigenvalue weighted by atomic mass is 32.2. The van der Waals surface area contributed by atoms with Crippen LogP contribution in [0.4, 0.5) is 0 Å². The van der Waals surface area contributed by atoms with Gasteiger partial charge in [-0.25, -0.2) is 18.1 Å². The molecule has 2 aromatic heterocycles. The summed E-state index contributed by atoms with van der Waals surface area (Å²) in [5.41, 5.74) is 0.705. The Morgan fingerprint density at radius 3 is 2.76 bits per heavy atom. The average molecular weight is 272 g/mol. The molecule has 17 heavy (non-hydrogen) atoms. The van der Waals surface area contributed by atoms with Gasteiger partial charge in [0.05, 0.1) is 12.2 Å². The van der Waals surface area contributed by atoms with E-state index in [2.05, 4.69) is 9.71 Å². The van der Waals surface area contributed by atoms with Crippen LogP contribution in [0.5, 0.6) is 0 Å². The van der Waals surface area contributed by atoms with Gasteiger partial charge in [-0.1, -0.05) is 6.07 Å². The van der Waals surface area contributed by atoms with Crippen LogP contribution in [0.3, 0.4) is 0 Å². The number of nitrogens with zero attached hydrogens (tertiary/aromatic N) is 1. The fraction of sp³-hybridized carbons (Fsp3) is 0.300. The summed E-state index contributed by atoms with van der Waals surface area (Å²) >= 11 is 1.18. The second kappa shape index (κ2) is 4.59. The van der Waals surface area contributed by atoms with E-state index in [9.17, 15) is 8.42 Å². The molecule has 0 atom stereocenters. The number of oxazole rings is 1. The third-order valence-corrected chi connectivity index (χ3v) is 4.98. The minimum absolute atomic E-state index is 0.118. The van der Waals surface area contributed by atoms with Crippen LogP contribution in [-0.4, -0.2) is 13.4 Å². The minimum atomic E-state index is -3.44. The van der Waals surface area contributed by atoms with Crippen LogP contribution in [-0.2, 0) is 16.6 Å². The highest BCUT2D eigenvalue weighted by Gasteiger charge is 2.16. The first-order valence-corrected chi connectivity index (χ1v) is 7.31. The van der Waals surface area contributed by atoms with Gasteiger partial charge in [0.1, 0.15) is 9.97 Å². The molecule has 0 amide bonds. The van der Waals surface area contributed by atoms with Gasteiger partial charge in [0.15, 0.2) is 5.89 Å². The molecule has 7 heteroatoms. The Kier molecular flexibility index (Phi) is 3.32. The molecule has 2 rings (SSSR count). The Labute approximate surface area is 104 Å². The van der Waals surface area contributed by atoms with E-state index in [4.69, 9.17) is 4.42 Å². The standard InChI is InChI=1S/C10H12N2O3S2/c1-7-9(15-8(2)12-7)6-11-17(13,14)10-4-3-5-16-10/h3-5,11H,6H2,1-2H3. The van der Waals surface area contributed by atoms with Crippen LogP contribution < -0.4 is 4.72 Å². The van der Waals surface area contributed by atoms with Crippen molar-refractivity contribution in [2.75, 3.05) is 0 Å². The van der Waals surface area contributed by atoms with E-state index in [1.807, 2.05) is 0 Å². The lowest BCUT2D eigenvalue weighted by molar-refractivity contribution is 0.467. The Morgan fingerprint density at radius 2 is 2.24 bits per heavy atom. The van der Waals surface area contributed by atoms with E-state index in [1.165, 1.54) is 11.3 Å². The molecule has 0 aliphatic rings. The van der Waals surface area contributed by atoms with Gasteiger partial charge in [-0.2, -0.15) is 0 Å². The molecular formula is C10H12N2O3S2. The molecule has 0 aliphatic heterocycles. The second-order valence-corrected chi connectivity index (χ2v) is 6.44. The van der Waals surface area contributed by atoms with Gasteiger partial charge in [-0.3, -0.25) is 0 Å². The van der Waals surface area contributed by atoms with E-state index in [0.717, 1.165) is 0 Å².